The van der Waals surface area contributed by atoms with Gasteiger partial charge in [-0.1, -0.05) is 41.0 Å². The van der Waals surface area contributed by atoms with E-state index >= 15 is 0 Å². The highest BCUT2D eigenvalue weighted by Crippen LogP contribution is 2.37. The highest BCUT2D eigenvalue weighted by atomic mass is 32.2. The molecule has 0 aromatic heterocycles. The van der Waals surface area contributed by atoms with E-state index in [0.29, 0.717) is 25.1 Å². The molecule has 1 heterocycles. The predicted molar refractivity (Wildman–Crippen MR) is 93.3 cm³/mol. The van der Waals surface area contributed by atoms with Crippen molar-refractivity contribution in [3.63, 3.8) is 0 Å². The molecule has 0 fully saturated rings. The van der Waals surface area contributed by atoms with Crippen molar-refractivity contribution >= 4 is 15.7 Å². The van der Waals surface area contributed by atoms with Crippen LogP contribution in [0, 0.1) is 6.92 Å². The third-order valence-corrected chi connectivity index (χ3v) is 6.03. The van der Waals surface area contributed by atoms with Gasteiger partial charge < -0.3 is 0 Å². The first-order valence-corrected chi connectivity index (χ1v) is 9.20. The fraction of sp³-hybridized carbons (Fsp3) is 0.294. The number of hydrogen-bond acceptors (Lipinski definition) is 3. The lowest BCUT2D eigenvalue weighted by Crippen LogP contribution is -2.31. The van der Waals surface area contributed by atoms with Gasteiger partial charge in [-0.05, 0) is 49.1 Å². The lowest BCUT2D eigenvalue weighted by Gasteiger charge is -2.25. The number of azide groups is 1. The van der Waals surface area contributed by atoms with Crippen LogP contribution in [0.25, 0.3) is 10.4 Å². The van der Waals surface area contributed by atoms with Crippen LogP contribution in [0.3, 0.4) is 0 Å². The average Bonchev–Trinajstić information content (AvgIpc) is 2.76. The zero-order valence-electron chi connectivity index (χ0n) is 13.3. The summed E-state index contributed by atoms with van der Waals surface area (Å²) >= 11 is 0. The number of anilines is 1. The van der Waals surface area contributed by atoms with E-state index in [0.717, 1.165) is 11.1 Å². The molecule has 0 saturated carbocycles. The van der Waals surface area contributed by atoms with E-state index in [-0.39, 0.29) is 10.9 Å². The highest BCUT2D eigenvalue weighted by molar-refractivity contribution is 7.92. The van der Waals surface area contributed by atoms with E-state index in [1.807, 2.05) is 19.1 Å². The molecule has 124 valence electrons. The fourth-order valence-electron chi connectivity index (χ4n) is 2.97. The van der Waals surface area contributed by atoms with Gasteiger partial charge in [0, 0.05) is 11.5 Å². The smallest absolute Gasteiger partial charge is 0.264 e. The fourth-order valence-corrected chi connectivity index (χ4v) is 4.50. The van der Waals surface area contributed by atoms with Crippen LogP contribution in [0.5, 0.6) is 0 Å². The Balaban J connectivity index is 2.11. The number of hydrogen-bond donors (Lipinski definition) is 0. The molecule has 1 aliphatic rings. The maximum absolute atomic E-state index is 13.1. The highest BCUT2D eigenvalue weighted by Gasteiger charge is 2.30. The third kappa shape index (κ3) is 2.96. The average molecular weight is 342 g/mol. The molecule has 1 aliphatic heterocycles. The van der Waals surface area contributed by atoms with Gasteiger partial charge in [-0.25, -0.2) is 8.42 Å². The van der Waals surface area contributed by atoms with E-state index in [2.05, 4.69) is 10.0 Å². The molecule has 0 spiro atoms. The second kappa shape index (κ2) is 6.55. The summed E-state index contributed by atoms with van der Waals surface area (Å²) in [5.41, 5.74) is 11.1. The molecule has 0 radical (unpaired) electrons. The van der Waals surface area contributed by atoms with Crippen molar-refractivity contribution < 1.29 is 8.42 Å². The number of para-hydroxylation sites is 1. The largest absolute Gasteiger partial charge is 0.266 e. The maximum Gasteiger partial charge on any atom is 0.264 e. The molecule has 7 heteroatoms. The molecule has 0 N–H and O–H groups in total. The Labute approximate surface area is 141 Å². The van der Waals surface area contributed by atoms with Crippen LogP contribution in [0.4, 0.5) is 5.69 Å². The SMILES string of the molecule is Cc1ccc(S(=O)(=O)N2CCC[C@H](N=[N+]=[N-])c3ccccc32)cc1. The third-order valence-electron chi connectivity index (χ3n) is 4.20. The first-order chi connectivity index (χ1) is 11.5. The van der Waals surface area contributed by atoms with Gasteiger partial charge in [0.1, 0.15) is 0 Å². The topological polar surface area (TPSA) is 86.1 Å². The zero-order chi connectivity index (χ0) is 17.2. The Morgan fingerprint density at radius 1 is 1.17 bits per heavy atom. The first kappa shape index (κ1) is 16.4. The van der Waals surface area contributed by atoms with Gasteiger partial charge in [0.25, 0.3) is 10.0 Å². The Hall–Kier alpha value is -2.50. The molecule has 0 aliphatic carbocycles. The summed E-state index contributed by atoms with van der Waals surface area (Å²) in [6.07, 6.45) is 1.25. The molecular formula is C17H18N4O2S. The molecular weight excluding hydrogens is 324 g/mol. The van der Waals surface area contributed by atoms with E-state index in [1.165, 1.54) is 4.31 Å². The normalized spacial score (nSPS) is 17.5. The number of fused-ring (bicyclic) bond motifs is 1. The Bertz CT molecular complexity index is 887. The van der Waals surface area contributed by atoms with Gasteiger partial charge >= 0.3 is 0 Å². The minimum absolute atomic E-state index is 0.269. The minimum atomic E-state index is -3.66. The van der Waals surface area contributed by atoms with Gasteiger partial charge in [-0.3, -0.25) is 4.31 Å². The molecule has 3 rings (SSSR count). The summed E-state index contributed by atoms with van der Waals surface area (Å²) in [6.45, 7) is 2.28. The Kier molecular flexibility index (Phi) is 4.46. The maximum atomic E-state index is 13.1. The van der Waals surface area contributed by atoms with Crippen LogP contribution in [-0.4, -0.2) is 15.0 Å². The van der Waals surface area contributed by atoms with Crippen molar-refractivity contribution in [2.24, 2.45) is 5.11 Å². The van der Waals surface area contributed by atoms with E-state index in [4.69, 9.17) is 5.53 Å². The van der Waals surface area contributed by atoms with Crippen molar-refractivity contribution in [1.82, 2.24) is 0 Å². The van der Waals surface area contributed by atoms with Crippen molar-refractivity contribution in [3.8, 4) is 0 Å². The van der Waals surface area contributed by atoms with Crippen molar-refractivity contribution in [3.05, 3.63) is 70.1 Å². The summed E-state index contributed by atoms with van der Waals surface area (Å²) in [6, 6.07) is 13.7. The van der Waals surface area contributed by atoms with Gasteiger partial charge in [-0.15, -0.1) is 0 Å². The van der Waals surface area contributed by atoms with Crippen LogP contribution in [0.2, 0.25) is 0 Å². The summed E-state index contributed by atoms with van der Waals surface area (Å²) in [7, 11) is -3.66. The standard InChI is InChI=1S/C17H18N4O2S/c1-13-8-10-14(11-9-13)24(22,23)21-12-4-6-16(19-20-18)15-5-2-3-7-17(15)21/h2-3,5,7-11,16H,4,6,12H2,1H3/t16-/m0/s1. The van der Waals surface area contributed by atoms with E-state index < -0.39 is 10.0 Å². The zero-order valence-corrected chi connectivity index (χ0v) is 14.1. The second-order valence-electron chi connectivity index (χ2n) is 5.81. The van der Waals surface area contributed by atoms with Gasteiger partial charge in [0.2, 0.25) is 0 Å². The first-order valence-electron chi connectivity index (χ1n) is 7.76. The van der Waals surface area contributed by atoms with Crippen LogP contribution in [0.1, 0.15) is 30.0 Å². The number of rotatable bonds is 3. The number of sulfonamides is 1. The second-order valence-corrected chi connectivity index (χ2v) is 7.67. The molecule has 0 unspecified atom stereocenters. The molecule has 2 aromatic carbocycles. The van der Waals surface area contributed by atoms with Crippen molar-refractivity contribution in [2.45, 2.75) is 30.7 Å². The molecule has 0 bridgehead atoms. The molecule has 6 nitrogen and oxygen atoms in total. The van der Waals surface area contributed by atoms with Crippen LogP contribution >= 0.6 is 0 Å². The summed E-state index contributed by atoms with van der Waals surface area (Å²) in [5.74, 6) is 0. The Morgan fingerprint density at radius 2 is 1.88 bits per heavy atom. The van der Waals surface area contributed by atoms with Gasteiger partial charge in [0.05, 0.1) is 16.6 Å². The molecule has 0 saturated heterocycles. The summed E-state index contributed by atoms with van der Waals surface area (Å²) in [4.78, 5) is 3.18. The van der Waals surface area contributed by atoms with Gasteiger partial charge in [0.15, 0.2) is 0 Å². The molecule has 0 amide bonds. The van der Waals surface area contributed by atoms with E-state index in [1.54, 1.807) is 36.4 Å². The lowest BCUT2D eigenvalue weighted by atomic mass is 10.0. The van der Waals surface area contributed by atoms with Crippen molar-refractivity contribution in [1.29, 1.82) is 0 Å². The molecule has 1 atom stereocenters. The van der Waals surface area contributed by atoms with Crippen LogP contribution in [0.15, 0.2) is 58.5 Å². The Morgan fingerprint density at radius 3 is 2.58 bits per heavy atom. The number of benzene rings is 2. The number of aryl methyl sites for hydroxylation is 1. The molecule has 24 heavy (non-hydrogen) atoms. The summed E-state index contributed by atoms with van der Waals surface area (Å²) < 4.78 is 27.6. The molecule has 2 aromatic rings. The predicted octanol–water partition coefficient (Wildman–Crippen LogP) is 4.34. The van der Waals surface area contributed by atoms with Crippen molar-refractivity contribution in [2.75, 3.05) is 10.8 Å². The summed E-state index contributed by atoms with van der Waals surface area (Å²) in [5, 5.41) is 3.84. The van der Waals surface area contributed by atoms with Crippen LogP contribution in [-0.2, 0) is 10.0 Å². The lowest BCUT2D eigenvalue weighted by molar-refractivity contribution is 0.586. The van der Waals surface area contributed by atoms with Gasteiger partial charge in [-0.2, -0.15) is 0 Å². The van der Waals surface area contributed by atoms with E-state index in [9.17, 15) is 8.42 Å². The minimum Gasteiger partial charge on any atom is -0.266 e. The van der Waals surface area contributed by atoms with Crippen LogP contribution < -0.4 is 4.31 Å². The monoisotopic (exact) mass is 342 g/mol. The quantitative estimate of drug-likeness (QED) is 0.472. The number of nitrogens with zero attached hydrogens (tertiary/aromatic N) is 4.